The number of nitrogens with one attached hydrogen (secondary N) is 1. The number of hydrogen-bond acceptors (Lipinski definition) is 2. The van der Waals surface area contributed by atoms with Gasteiger partial charge in [-0.15, -0.1) is 0 Å². The van der Waals surface area contributed by atoms with E-state index in [4.69, 9.17) is 23.8 Å². The summed E-state index contributed by atoms with van der Waals surface area (Å²) in [5.41, 5.74) is 2.14. The molecule has 18 heavy (non-hydrogen) atoms. The highest BCUT2D eigenvalue weighted by Gasteiger charge is 2.16. The topological polar surface area (TPSA) is 18.5 Å². The van der Waals surface area contributed by atoms with E-state index in [1.807, 2.05) is 25.1 Å². The smallest absolute Gasteiger partial charge is 0.173 e. The number of piperazine rings is 1. The third kappa shape index (κ3) is 3.34. The summed E-state index contributed by atoms with van der Waals surface area (Å²) >= 11 is 11.4. The Bertz CT molecular complexity index is 442. The van der Waals surface area contributed by atoms with Crippen LogP contribution in [0.15, 0.2) is 18.2 Å². The van der Waals surface area contributed by atoms with Gasteiger partial charge in [-0.25, -0.2) is 0 Å². The summed E-state index contributed by atoms with van der Waals surface area (Å²) < 4.78 is 0. The second kappa shape index (κ2) is 5.87. The molecule has 0 spiro atoms. The SMILES string of the molecule is Cc1cc(Cl)ccc1NC(=S)N1CCN(C)CC1. The third-order valence-electron chi connectivity index (χ3n) is 3.22. The van der Waals surface area contributed by atoms with E-state index in [0.717, 1.165) is 47.6 Å². The molecule has 0 atom stereocenters. The van der Waals surface area contributed by atoms with Gasteiger partial charge >= 0.3 is 0 Å². The Balaban J connectivity index is 1.98. The largest absolute Gasteiger partial charge is 0.346 e. The zero-order valence-electron chi connectivity index (χ0n) is 10.7. The van der Waals surface area contributed by atoms with Gasteiger partial charge in [0.25, 0.3) is 0 Å². The van der Waals surface area contributed by atoms with Gasteiger partial charge in [-0.1, -0.05) is 11.6 Å². The van der Waals surface area contributed by atoms with Crippen molar-refractivity contribution < 1.29 is 0 Å². The first-order valence-corrected chi connectivity index (χ1v) is 6.85. The maximum atomic E-state index is 5.94. The Morgan fingerprint density at radius 1 is 1.28 bits per heavy atom. The number of rotatable bonds is 1. The summed E-state index contributed by atoms with van der Waals surface area (Å²) in [6.45, 7) is 6.10. The van der Waals surface area contributed by atoms with Crippen LogP contribution in [0.3, 0.4) is 0 Å². The molecule has 0 aromatic heterocycles. The average Bonchev–Trinajstić information content (AvgIpc) is 2.33. The number of hydrogen-bond donors (Lipinski definition) is 1. The Labute approximate surface area is 119 Å². The average molecular weight is 284 g/mol. The predicted octanol–water partition coefficient (Wildman–Crippen LogP) is 2.59. The summed E-state index contributed by atoms with van der Waals surface area (Å²) in [5, 5.41) is 4.86. The zero-order valence-corrected chi connectivity index (χ0v) is 12.3. The molecule has 0 aliphatic carbocycles. The first-order valence-electron chi connectivity index (χ1n) is 6.07. The van der Waals surface area contributed by atoms with E-state index in [1.165, 1.54) is 0 Å². The van der Waals surface area contributed by atoms with Crippen molar-refractivity contribution >= 4 is 34.6 Å². The van der Waals surface area contributed by atoms with Crippen molar-refractivity contribution in [2.75, 3.05) is 38.5 Å². The minimum Gasteiger partial charge on any atom is -0.346 e. The number of benzene rings is 1. The maximum absolute atomic E-state index is 5.94. The van der Waals surface area contributed by atoms with Gasteiger partial charge in [0.05, 0.1) is 0 Å². The lowest BCUT2D eigenvalue weighted by atomic mass is 10.2. The molecule has 1 aromatic rings. The van der Waals surface area contributed by atoms with Crippen molar-refractivity contribution in [2.24, 2.45) is 0 Å². The molecule has 0 amide bonds. The van der Waals surface area contributed by atoms with E-state index < -0.39 is 0 Å². The van der Waals surface area contributed by atoms with E-state index in [0.29, 0.717) is 0 Å². The molecular weight excluding hydrogens is 266 g/mol. The normalized spacial score (nSPS) is 16.7. The lowest BCUT2D eigenvalue weighted by Crippen LogP contribution is -2.48. The lowest BCUT2D eigenvalue weighted by molar-refractivity contribution is 0.217. The highest BCUT2D eigenvalue weighted by molar-refractivity contribution is 7.80. The van der Waals surface area contributed by atoms with Gasteiger partial charge in [-0.05, 0) is 50.0 Å². The number of likely N-dealkylation sites (N-methyl/N-ethyl adjacent to an activating group) is 1. The molecular formula is C13H18ClN3S. The molecule has 1 aliphatic rings. The molecule has 0 bridgehead atoms. The monoisotopic (exact) mass is 283 g/mol. The van der Waals surface area contributed by atoms with Crippen LogP contribution in [0.1, 0.15) is 5.56 Å². The third-order valence-corrected chi connectivity index (χ3v) is 3.82. The van der Waals surface area contributed by atoms with Gasteiger partial charge in [-0.2, -0.15) is 0 Å². The number of halogens is 1. The summed E-state index contributed by atoms with van der Waals surface area (Å²) in [4.78, 5) is 4.52. The van der Waals surface area contributed by atoms with Crippen LogP contribution in [-0.4, -0.2) is 48.1 Å². The van der Waals surface area contributed by atoms with E-state index in [2.05, 4.69) is 22.2 Å². The number of aryl methyl sites for hydroxylation is 1. The van der Waals surface area contributed by atoms with Crippen LogP contribution in [0.5, 0.6) is 0 Å². The van der Waals surface area contributed by atoms with Crippen LogP contribution in [0.2, 0.25) is 5.02 Å². The minimum absolute atomic E-state index is 0.753. The Hall–Kier alpha value is -0.840. The Morgan fingerprint density at radius 2 is 1.94 bits per heavy atom. The molecule has 0 saturated carbocycles. The second-order valence-electron chi connectivity index (χ2n) is 4.68. The summed E-state index contributed by atoms with van der Waals surface area (Å²) in [6, 6.07) is 5.79. The molecule has 3 nitrogen and oxygen atoms in total. The molecule has 1 heterocycles. The molecule has 2 rings (SSSR count). The van der Waals surface area contributed by atoms with Gasteiger partial charge < -0.3 is 15.1 Å². The highest BCUT2D eigenvalue weighted by Crippen LogP contribution is 2.20. The zero-order chi connectivity index (χ0) is 13.1. The first-order chi connectivity index (χ1) is 8.56. The van der Waals surface area contributed by atoms with Crippen LogP contribution in [0.4, 0.5) is 5.69 Å². The summed E-state index contributed by atoms with van der Waals surface area (Å²) in [7, 11) is 2.14. The number of thiocarbonyl (C=S) groups is 1. The minimum atomic E-state index is 0.753. The number of anilines is 1. The molecule has 0 radical (unpaired) electrons. The van der Waals surface area contributed by atoms with Crippen LogP contribution >= 0.6 is 23.8 Å². The second-order valence-corrected chi connectivity index (χ2v) is 5.50. The van der Waals surface area contributed by atoms with Crippen molar-refractivity contribution in [3.05, 3.63) is 28.8 Å². The molecule has 1 N–H and O–H groups in total. The van der Waals surface area contributed by atoms with Crippen molar-refractivity contribution in [1.29, 1.82) is 0 Å². The molecule has 1 aromatic carbocycles. The molecule has 1 fully saturated rings. The standard InChI is InChI=1S/C13H18ClN3S/c1-10-9-11(14)3-4-12(10)15-13(18)17-7-5-16(2)6-8-17/h3-4,9H,5-8H2,1-2H3,(H,15,18). The van der Waals surface area contributed by atoms with Crippen molar-refractivity contribution in [2.45, 2.75) is 6.92 Å². The maximum Gasteiger partial charge on any atom is 0.173 e. The van der Waals surface area contributed by atoms with Gasteiger partial charge in [0, 0.05) is 36.9 Å². The molecule has 98 valence electrons. The molecule has 0 unspecified atom stereocenters. The summed E-state index contributed by atoms with van der Waals surface area (Å²) in [5.74, 6) is 0. The van der Waals surface area contributed by atoms with Gasteiger partial charge in [0.2, 0.25) is 0 Å². The molecule has 1 aliphatic heterocycles. The lowest BCUT2D eigenvalue weighted by Gasteiger charge is -2.34. The fourth-order valence-electron chi connectivity index (χ4n) is 1.97. The van der Waals surface area contributed by atoms with E-state index in [9.17, 15) is 0 Å². The van der Waals surface area contributed by atoms with Gasteiger partial charge in [0.15, 0.2) is 5.11 Å². The van der Waals surface area contributed by atoms with E-state index in [1.54, 1.807) is 0 Å². The highest BCUT2D eigenvalue weighted by atomic mass is 35.5. The number of nitrogens with zero attached hydrogens (tertiary/aromatic N) is 2. The van der Waals surface area contributed by atoms with Crippen molar-refractivity contribution in [3.63, 3.8) is 0 Å². The summed E-state index contributed by atoms with van der Waals surface area (Å²) in [6.07, 6.45) is 0. The van der Waals surface area contributed by atoms with Crippen LogP contribution in [0.25, 0.3) is 0 Å². The fourth-order valence-corrected chi connectivity index (χ4v) is 2.49. The quantitative estimate of drug-likeness (QED) is 0.798. The Kier molecular flexibility index (Phi) is 4.43. The van der Waals surface area contributed by atoms with Crippen molar-refractivity contribution in [1.82, 2.24) is 9.80 Å². The van der Waals surface area contributed by atoms with Crippen LogP contribution < -0.4 is 5.32 Å². The van der Waals surface area contributed by atoms with Gasteiger partial charge in [-0.3, -0.25) is 0 Å². The predicted molar refractivity (Wildman–Crippen MR) is 81.5 cm³/mol. The van der Waals surface area contributed by atoms with Gasteiger partial charge in [0.1, 0.15) is 0 Å². The van der Waals surface area contributed by atoms with E-state index in [-0.39, 0.29) is 0 Å². The van der Waals surface area contributed by atoms with Crippen LogP contribution in [-0.2, 0) is 0 Å². The fraction of sp³-hybridized carbons (Fsp3) is 0.462. The molecule has 1 saturated heterocycles. The van der Waals surface area contributed by atoms with E-state index >= 15 is 0 Å². The van der Waals surface area contributed by atoms with Crippen molar-refractivity contribution in [3.8, 4) is 0 Å². The first kappa shape index (κ1) is 13.6. The molecule has 5 heteroatoms. The van der Waals surface area contributed by atoms with Crippen LogP contribution in [0, 0.1) is 6.92 Å². The Morgan fingerprint density at radius 3 is 2.56 bits per heavy atom.